The summed E-state index contributed by atoms with van der Waals surface area (Å²) in [5.41, 5.74) is 5.93. The molecule has 156 valence electrons. The maximum absolute atomic E-state index is 6.71. The van der Waals surface area contributed by atoms with Gasteiger partial charge in [-0.2, -0.15) is 0 Å². The molecule has 0 amide bonds. The number of rotatable bonds is 2. The van der Waals surface area contributed by atoms with Crippen molar-refractivity contribution < 1.29 is 0 Å². The summed E-state index contributed by atoms with van der Waals surface area (Å²) in [5, 5.41) is 5.69. The van der Waals surface area contributed by atoms with E-state index in [1.54, 1.807) is 0 Å². The Balaban J connectivity index is 1.61. The molecule has 7 rings (SSSR count). The van der Waals surface area contributed by atoms with E-state index in [9.17, 15) is 0 Å². The van der Waals surface area contributed by atoms with E-state index in [-0.39, 0.29) is 0 Å². The van der Waals surface area contributed by atoms with Gasteiger partial charge >= 0.3 is 0 Å². The van der Waals surface area contributed by atoms with Crippen molar-refractivity contribution in [2.45, 2.75) is 0 Å². The van der Waals surface area contributed by atoms with Crippen molar-refractivity contribution in [2.75, 3.05) is 0 Å². The summed E-state index contributed by atoms with van der Waals surface area (Å²) in [6.07, 6.45) is 0. The lowest BCUT2D eigenvalue weighted by molar-refractivity contribution is 1.18. The number of halogens is 1. The minimum atomic E-state index is 0.784. The van der Waals surface area contributed by atoms with Crippen molar-refractivity contribution in [2.24, 2.45) is 0 Å². The molecule has 0 unspecified atom stereocenters. The van der Waals surface area contributed by atoms with Crippen molar-refractivity contribution >= 4 is 64.9 Å². The van der Waals surface area contributed by atoms with E-state index in [2.05, 4.69) is 102 Å². The molecule has 0 fully saturated rings. The maximum Gasteiger partial charge on any atom is 0.0556 e. The molecule has 0 aliphatic rings. The van der Waals surface area contributed by atoms with Crippen LogP contribution in [0.3, 0.4) is 0 Å². The lowest BCUT2D eigenvalue weighted by atomic mass is 10.0. The van der Waals surface area contributed by atoms with Gasteiger partial charge in [-0.15, -0.1) is 11.3 Å². The topological polar surface area (TPSA) is 4.93 Å². The second-order valence-corrected chi connectivity index (χ2v) is 9.74. The second-order valence-electron chi connectivity index (χ2n) is 8.28. The highest BCUT2D eigenvalue weighted by Gasteiger charge is 2.18. The average Bonchev–Trinajstić information content (AvgIpc) is 3.40. The molecule has 0 radical (unpaired) electrons. The van der Waals surface area contributed by atoms with Crippen molar-refractivity contribution in [3.8, 4) is 16.8 Å². The molecule has 0 aliphatic carbocycles. The Kier molecular flexibility index (Phi) is 4.14. The van der Waals surface area contributed by atoms with E-state index in [0.717, 1.165) is 27.1 Å². The van der Waals surface area contributed by atoms with Gasteiger partial charge in [0.15, 0.2) is 0 Å². The number of hydrogen-bond donors (Lipinski definition) is 0. The summed E-state index contributed by atoms with van der Waals surface area (Å²) >= 11 is 8.57. The Hall–Kier alpha value is -3.59. The van der Waals surface area contributed by atoms with Crippen LogP contribution in [0.25, 0.3) is 58.8 Å². The van der Waals surface area contributed by atoms with E-state index >= 15 is 0 Å². The predicted molar refractivity (Wildman–Crippen MR) is 144 cm³/mol. The van der Waals surface area contributed by atoms with Gasteiger partial charge in [-0.05, 0) is 30.3 Å². The highest BCUT2D eigenvalue weighted by Crippen LogP contribution is 2.43. The van der Waals surface area contributed by atoms with Crippen molar-refractivity contribution in [3.05, 3.63) is 114 Å². The number of thiophene rings is 1. The fraction of sp³-hybridized carbons (Fsp3) is 0. The standard InChI is InChI=1S/C30H18ClNS/c31-24-14-8-17-27-29(24)23-11-2-5-16-26(23)32(27)25-15-4-1-9-19(25)21-12-7-13-22-20-10-3-6-18-28(20)33-30(21)22/h1-18H. The smallest absolute Gasteiger partial charge is 0.0556 e. The number of aromatic nitrogens is 1. The summed E-state index contributed by atoms with van der Waals surface area (Å²) in [6.45, 7) is 0. The Bertz CT molecular complexity index is 1840. The van der Waals surface area contributed by atoms with E-state index < -0.39 is 0 Å². The normalized spacial score (nSPS) is 11.8. The van der Waals surface area contributed by atoms with Gasteiger partial charge < -0.3 is 4.57 Å². The molecule has 0 bridgehead atoms. The highest BCUT2D eigenvalue weighted by molar-refractivity contribution is 7.26. The third-order valence-corrected chi connectivity index (χ3v) is 8.02. The summed E-state index contributed by atoms with van der Waals surface area (Å²) in [5.74, 6) is 0. The van der Waals surface area contributed by atoms with E-state index in [1.807, 2.05) is 23.5 Å². The Morgan fingerprint density at radius 3 is 2.15 bits per heavy atom. The first-order valence-electron chi connectivity index (χ1n) is 11.0. The molecule has 3 heteroatoms. The van der Waals surface area contributed by atoms with Gasteiger partial charge in [0.1, 0.15) is 0 Å². The molecule has 0 saturated carbocycles. The largest absolute Gasteiger partial charge is 0.309 e. The molecular formula is C30H18ClNS. The third-order valence-electron chi connectivity index (χ3n) is 6.49. The van der Waals surface area contributed by atoms with E-state index in [4.69, 9.17) is 11.6 Å². The van der Waals surface area contributed by atoms with Crippen LogP contribution in [0.2, 0.25) is 5.02 Å². The first kappa shape index (κ1) is 18.9. The third kappa shape index (κ3) is 2.72. The number of nitrogens with zero attached hydrogens (tertiary/aromatic N) is 1. The minimum Gasteiger partial charge on any atom is -0.309 e. The molecule has 0 N–H and O–H groups in total. The quantitative estimate of drug-likeness (QED) is 0.242. The van der Waals surface area contributed by atoms with Crippen molar-refractivity contribution in [1.82, 2.24) is 4.57 Å². The van der Waals surface area contributed by atoms with Gasteiger partial charge in [0, 0.05) is 42.1 Å². The molecule has 5 aromatic carbocycles. The lowest BCUT2D eigenvalue weighted by Crippen LogP contribution is -1.97. The van der Waals surface area contributed by atoms with Crippen molar-refractivity contribution in [3.63, 3.8) is 0 Å². The van der Waals surface area contributed by atoms with Crippen LogP contribution in [0.1, 0.15) is 0 Å². The second kappa shape index (κ2) is 7.21. The Labute approximate surface area is 200 Å². The molecule has 0 saturated heterocycles. The Morgan fingerprint density at radius 2 is 1.21 bits per heavy atom. The van der Waals surface area contributed by atoms with Gasteiger partial charge in [0.25, 0.3) is 0 Å². The predicted octanol–water partition coefficient (Wildman–Crippen LogP) is 9.47. The molecule has 2 heterocycles. The van der Waals surface area contributed by atoms with Gasteiger partial charge in [-0.1, -0.05) is 90.5 Å². The molecule has 2 aromatic heterocycles. The molecule has 7 aromatic rings. The number of benzene rings is 5. The maximum atomic E-state index is 6.71. The fourth-order valence-electron chi connectivity index (χ4n) is 5.09. The zero-order valence-corrected chi connectivity index (χ0v) is 19.2. The minimum absolute atomic E-state index is 0.784. The van der Waals surface area contributed by atoms with Gasteiger partial charge in [0.2, 0.25) is 0 Å². The van der Waals surface area contributed by atoms with Crippen LogP contribution in [-0.4, -0.2) is 4.57 Å². The van der Waals surface area contributed by atoms with E-state index in [0.29, 0.717) is 0 Å². The van der Waals surface area contributed by atoms with Crippen LogP contribution in [0.4, 0.5) is 0 Å². The molecular weight excluding hydrogens is 442 g/mol. The monoisotopic (exact) mass is 459 g/mol. The van der Waals surface area contributed by atoms with Gasteiger partial charge in [-0.25, -0.2) is 0 Å². The van der Waals surface area contributed by atoms with Gasteiger partial charge in [0.05, 0.1) is 21.7 Å². The van der Waals surface area contributed by atoms with Crippen molar-refractivity contribution in [1.29, 1.82) is 0 Å². The van der Waals surface area contributed by atoms with Crippen LogP contribution in [-0.2, 0) is 0 Å². The molecule has 33 heavy (non-hydrogen) atoms. The molecule has 0 atom stereocenters. The number of para-hydroxylation sites is 2. The number of fused-ring (bicyclic) bond motifs is 6. The summed E-state index contributed by atoms with van der Waals surface area (Å²) < 4.78 is 5.00. The Morgan fingerprint density at radius 1 is 0.545 bits per heavy atom. The summed E-state index contributed by atoms with van der Waals surface area (Å²) in [6, 6.07) is 38.7. The van der Waals surface area contributed by atoms with Crippen LogP contribution in [0.15, 0.2) is 109 Å². The number of hydrogen-bond acceptors (Lipinski definition) is 1. The zero-order valence-electron chi connectivity index (χ0n) is 17.6. The lowest BCUT2D eigenvalue weighted by Gasteiger charge is -2.14. The summed E-state index contributed by atoms with van der Waals surface area (Å²) in [7, 11) is 0. The van der Waals surface area contributed by atoms with Crippen LogP contribution in [0, 0.1) is 0 Å². The highest BCUT2D eigenvalue weighted by atomic mass is 35.5. The van der Waals surface area contributed by atoms with Crippen LogP contribution >= 0.6 is 22.9 Å². The molecule has 0 aliphatic heterocycles. The summed E-state index contributed by atoms with van der Waals surface area (Å²) in [4.78, 5) is 0. The average molecular weight is 460 g/mol. The van der Waals surface area contributed by atoms with Crippen LogP contribution < -0.4 is 0 Å². The molecule has 1 nitrogen and oxygen atoms in total. The molecule has 0 spiro atoms. The first-order valence-corrected chi connectivity index (χ1v) is 12.2. The van der Waals surface area contributed by atoms with Crippen LogP contribution in [0.5, 0.6) is 0 Å². The first-order chi connectivity index (χ1) is 16.3. The van der Waals surface area contributed by atoms with Gasteiger partial charge in [-0.3, -0.25) is 0 Å². The van der Waals surface area contributed by atoms with E-state index in [1.165, 1.54) is 36.7 Å². The fourth-order valence-corrected chi connectivity index (χ4v) is 6.59. The zero-order chi connectivity index (χ0) is 21.9. The SMILES string of the molecule is Clc1cccc2c1c1ccccc1n2-c1ccccc1-c1cccc2c1sc1ccccc12.